The molecular formula is C19H22O5. The molecule has 1 fully saturated rings. The second kappa shape index (κ2) is 8.37. The van der Waals surface area contributed by atoms with E-state index in [-0.39, 0.29) is 6.61 Å². The van der Waals surface area contributed by atoms with Gasteiger partial charge in [0, 0.05) is 0 Å². The van der Waals surface area contributed by atoms with Gasteiger partial charge in [0.05, 0.1) is 19.8 Å². The van der Waals surface area contributed by atoms with Gasteiger partial charge < -0.3 is 24.4 Å². The van der Waals surface area contributed by atoms with Crippen molar-refractivity contribution in [1.29, 1.82) is 0 Å². The fourth-order valence-corrected chi connectivity index (χ4v) is 2.69. The fourth-order valence-electron chi connectivity index (χ4n) is 2.69. The molecule has 2 aromatic carbocycles. The highest BCUT2D eigenvalue weighted by Gasteiger charge is 2.43. The zero-order valence-corrected chi connectivity index (χ0v) is 13.3. The number of aliphatic hydroxyl groups excluding tert-OH is 2. The lowest BCUT2D eigenvalue weighted by Gasteiger charge is -2.20. The molecule has 0 aromatic heterocycles. The summed E-state index contributed by atoms with van der Waals surface area (Å²) in [6.45, 7) is 1.02. The van der Waals surface area contributed by atoms with Gasteiger partial charge in [0.1, 0.15) is 18.3 Å². The van der Waals surface area contributed by atoms with Crippen molar-refractivity contribution in [2.75, 3.05) is 6.61 Å². The third-order valence-electron chi connectivity index (χ3n) is 3.99. The van der Waals surface area contributed by atoms with Crippen molar-refractivity contribution >= 4 is 0 Å². The first-order chi connectivity index (χ1) is 11.7. The Morgan fingerprint density at radius 2 is 1.42 bits per heavy atom. The van der Waals surface area contributed by atoms with E-state index < -0.39 is 24.6 Å². The molecule has 2 N–H and O–H groups in total. The second-order valence-corrected chi connectivity index (χ2v) is 5.82. The highest BCUT2D eigenvalue weighted by Crippen LogP contribution is 2.24. The van der Waals surface area contributed by atoms with Crippen molar-refractivity contribution in [2.45, 2.75) is 37.8 Å². The van der Waals surface area contributed by atoms with Crippen LogP contribution >= 0.6 is 0 Å². The Morgan fingerprint density at radius 1 is 0.833 bits per heavy atom. The van der Waals surface area contributed by atoms with E-state index in [9.17, 15) is 10.2 Å². The van der Waals surface area contributed by atoms with E-state index >= 15 is 0 Å². The molecule has 1 aliphatic rings. The quantitative estimate of drug-likeness (QED) is 0.811. The summed E-state index contributed by atoms with van der Waals surface area (Å²) in [6.07, 6.45) is -3.48. The van der Waals surface area contributed by atoms with Gasteiger partial charge in [-0.05, 0) is 11.1 Å². The minimum Gasteiger partial charge on any atom is -0.385 e. The number of ether oxygens (including phenoxy) is 3. The second-order valence-electron chi connectivity index (χ2n) is 5.82. The molecule has 5 heteroatoms. The van der Waals surface area contributed by atoms with Crippen molar-refractivity contribution < 1.29 is 24.4 Å². The molecule has 2 unspecified atom stereocenters. The molecule has 0 aliphatic carbocycles. The highest BCUT2D eigenvalue weighted by molar-refractivity contribution is 5.14. The SMILES string of the molecule is OC1O[C@H](COCc2ccccc2)[C@H](OCc2ccccc2)C1O. The Hall–Kier alpha value is -1.76. The number of hydrogen-bond acceptors (Lipinski definition) is 5. The van der Waals surface area contributed by atoms with Gasteiger partial charge >= 0.3 is 0 Å². The summed E-state index contributed by atoms with van der Waals surface area (Å²) >= 11 is 0. The Labute approximate surface area is 141 Å². The zero-order valence-electron chi connectivity index (χ0n) is 13.3. The standard InChI is InChI=1S/C19H22O5/c20-17-18(23-12-15-9-5-2-6-10-15)16(24-19(17)21)13-22-11-14-7-3-1-4-8-14/h1-10,16-21H,11-13H2/t16-,17?,18+,19?/m1/s1. The first-order valence-corrected chi connectivity index (χ1v) is 8.03. The van der Waals surface area contributed by atoms with Crippen molar-refractivity contribution in [3.05, 3.63) is 71.8 Å². The lowest BCUT2D eigenvalue weighted by molar-refractivity contribution is -0.137. The molecule has 5 nitrogen and oxygen atoms in total. The van der Waals surface area contributed by atoms with E-state index in [0.29, 0.717) is 13.2 Å². The van der Waals surface area contributed by atoms with Crippen LogP contribution in [-0.2, 0) is 27.4 Å². The lowest BCUT2D eigenvalue weighted by Crippen LogP contribution is -2.37. The van der Waals surface area contributed by atoms with E-state index in [1.54, 1.807) is 0 Å². The molecule has 128 valence electrons. The van der Waals surface area contributed by atoms with Gasteiger partial charge in [-0.1, -0.05) is 60.7 Å². The molecule has 0 radical (unpaired) electrons. The summed E-state index contributed by atoms with van der Waals surface area (Å²) in [6, 6.07) is 19.5. The van der Waals surface area contributed by atoms with Crippen molar-refractivity contribution in [2.24, 2.45) is 0 Å². The Balaban J connectivity index is 1.52. The number of rotatable bonds is 7. The van der Waals surface area contributed by atoms with Crippen LogP contribution in [0.1, 0.15) is 11.1 Å². The van der Waals surface area contributed by atoms with E-state index in [4.69, 9.17) is 14.2 Å². The van der Waals surface area contributed by atoms with E-state index in [2.05, 4.69) is 0 Å². The Morgan fingerprint density at radius 3 is 2.04 bits per heavy atom. The maximum atomic E-state index is 10.1. The van der Waals surface area contributed by atoms with Crippen molar-refractivity contribution in [3.63, 3.8) is 0 Å². The molecule has 1 saturated heterocycles. The van der Waals surface area contributed by atoms with Crippen LogP contribution in [0.3, 0.4) is 0 Å². The molecule has 2 aromatic rings. The molecule has 1 aliphatic heterocycles. The summed E-state index contributed by atoms with van der Waals surface area (Å²) in [5, 5.41) is 19.8. The predicted molar refractivity (Wildman–Crippen MR) is 88.0 cm³/mol. The summed E-state index contributed by atoms with van der Waals surface area (Å²) in [5.74, 6) is 0. The molecule has 0 spiro atoms. The van der Waals surface area contributed by atoms with Crippen LogP contribution in [0.5, 0.6) is 0 Å². The molecule has 0 amide bonds. The van der Waals surface area contributed by atoms with Crippen LogP contribution in [-0.4, -0.2) is 41.4 Å². The monoisotopic (exact) mass is 330 g/mol. The third kappa shape index (κ3) is 4.41. The predicted octanol–water partition coefficient (Wildman–Crippen LogP) is 1.87. The van der Waals surface area contributed by atoms with Gasteiger partial charge in [0.15, 0.2) is 6.29 Å². The number of benzene rings is 2. The molecule has 0 bridgehead atoms. The maximum absolute atomic E-state index is 10.1. The van der Waals surface area contributed by atoms with Crippen LogP contribution in [0.2, 0.25) is 0 Å². The molecule has 0 saturated carbocycles. The first kappa shape index (κ1) is 17.1. The van der Waals surface area contributed by atoms with Gasteiger partial charge in [-0.2, -0.15) is 0 Å². The summed E-state index contributed by atoms with van der Waals surface area (Å²) in [5.41, 5.74) is 2.05. The Kier molecular flexibility index (Phi) is 5.96. The van der Waals surface area contributed by atoms with Gasteiger partial charge in [-0.3, -0.25) is 0 Å². The minimum absolute atomic E-state index is 0.239. The molecule has 24 heavy (non-hydrogen) atoms. The largest absolute Gasteiger partial charge is 0.385 e. The summed E-state index contributed by atoms with van der Waals surface area (Å²) in [7, 11) is 0. The number of aliphatic hydroxyl groups is 2. The molecule has 1 heterocycles. The summed E-state index contributed by atoms with van der Waals surface area (Å²) in [4.78, 5) is 0. The van der Waals surface area contributed by atoms with Gasteiger partial charge in [0.25, 0.3) is 0 Å². The average Bonchev–Trinajstić information content (AvgIpc) is 2.89. The minimum atomic E-state index is -1.25. The zero-order chi connectivity index (χ0) is 16.8. The fraction of sp³-hybridized carbons (Fsp3) is 0.368. The summed E-state index contributed by atoms with van der Waals surface area (Å²) < 4.78 is 16.8. The molecular weight excluding hydrogens is 308 g/mol. The van der Waals surface area contributed by atoms with Gasteiger partial charge in [-0.15, -0.1) is 0 Å². The van der Waals surface area contributed by atoms with Gasteiger partial charge in [-0.25, -0.2) is 0 Å². The normalized spacial score (nSPS) is 26.6. The maximum Gasteiger partial charge on any atom is 0.184 e. The van der Waals surface area contributed by atoms with E-state index in [1.807, 2.05) is 60.7 Å². The number of hydrogen-bond donors (Lipinski definition) is 2. The smallest absolute Gasteiger partial charge is 0.184 e. The van der Waals surface area contributed by atoms with Crippen LogP contribution in [0.4, 0.5) is 0 Å². The van der Waals surface area contributed by atoms with Crippen LogP contribution < -0.4 is 0 Å². The average molecular weight is 330 g/mol. The first-order valence-electron chi connectivity index (χ1n) is 8.03. The lowest BCUT2D eigenvalue weighted by atomic mass is 10.1. The van der Waals surface area contributed by atoms with E-state index in [0.717, 1.165) is 11.1 Å². The third-order valence-corrected chi connectivity index (χ3v) is 3.99. The molecule has 3 rings (SSSR count). The molecule has 4 atom stereocenters. The van der Waals surface area contributed by atoms with E-state index in [1.165, 1.54) is 0 Å². The van der Waals surface area contributed by atoms with Crippen molar-refractivity contribution in [1.82, 2.24) is 0 Å². The Bertz CT molecular complexity index is 604. The topological polar surface area (TPSA) is 68.2 Å². The highest BCUT2D eigenvalue weighted by atomic mass is 16.7. The van der Waals surface area contributed by atoms with Crippen molar-refractivity contribution in [3.8, 4) is 0 Å². The van der Waals surface area contributed by atoms with Gasteiger partial charge in [0.2, 0.25) is 0 Å². The van der Waals surface area contributed by atoms with Crippen LogP contribution in [0.25, 0.3) is 0 Å². The van der Waals surface area contributed by atoms with Crippen LogP contribution in [0, 0.1) is 0 Å². The van der Waals surface area contributed by atoms with Crippen LogP contribution in [0.15, 0.2) is 60.7 Å².